The molecule has 1 aromatic heterocycles. The first-order chi connectivity index (χ1) is 12.0. The molecule has 0 atom stereocenters. The number of hydrogen-bond donors (Lipinski definition) is 0. The van der Waals surface area contributed by atoms with E-state index in [-0.39, 0.29) is 11.3 Å². The van der Waals surface area contributed by atoms with E-state index in [2.05, 4.69) is 0 Å². The lowest BCUT2D eigenvalue weighted by Crippen LogP contribution is -2.13. The zero-order chi connectivity index (χ0) is 18.0. The SMILES string of the molecule is COc1ccc(-c2c(C=O)cc(C(F)(F)F)n2-c2ccccc2)cc1. The number of rotatable bonds is 4. The number of para-hydroxylation sites is 1. The van der Waals surface area contributed by atoms with Crippen LogP contribution in [0.4, 0.5) is 13.2 Å². The summed E-state index contributed by atoms with van der Waals surface area (Å²) in [7, 11) is 1.50. The Labute approximate surface area is 142 Å². The van der Waals surface area contributed by atoms with Gasteiger partial charge in [-0.05, 0) is 48.0 Å². The number of aromatic nitrogens is 1. The number of carbonyl (C=O) groups is 1. The van der Waals surface area contributed by atoms with Crippen LogP contribution in [0.2, 0.25) is 0 Å². The number of halogens is 3. The summed E-state index contributed by atoms with van der Waals surface area (Å²) in [5.74, 6) is 0.574. The van der Waals surface area contributed by atoms with Gasteiger partial charge in [0, 0.05) is 11.3 Å². The Kier molecular flexibility index (Phi) is 4.35. The quantitative estimate of drug-likeness (QED) is 0.624. The van der Waals surface area contributed by atoms with Gasteiger partial charge in [-0.15, -0.1) is 0 Å². The van der Waals surface area contributed by atoms with Crippen molar-refractivity contribution in [2.75, 3.05) is 7.11 Å². The minimum Gasteiger partial charge on any atom is -0.497 e. The molecule has 0 N–H and O–H groups in total. The zero-order valence-electron chi connectivity index (χ0n) is 13.2. The Bertz CT molecular complexity index is 882. The summed E-state index contributed by atoms with van der Waals surface area (Å²) in [5, 5.41) is 0. The van der Waals surface area contributed by atoms with Crippen molar-refractivity contribution in [2.45, 2.75) is 6.18 Å². The number of nitrogens with zero attached hydrogens (tertiary/aromatic N) is 1. The molecule has 0 bridgehead atoms. The van der Waals surface area contributed by atoms with Crippen LogP contribution in [-0.2, 0) is 6.18 Å². The normalized spacial score (nSPS) is 11.4. The number of carbonyl (C=O) groups excluding carboxylic acids is 1. The highest BCUT2D eigenvalue weighted by atomic mass is 19.4. The fraction of sp³-hybridized carbons (Fsp3) is 0.105. The lowest BCUT2D eigenvalue weighted by molar-refractivity contribution is -0.142. The Hall–Kier alpha value is -3.02. The van der Waals surface area contributed by atoms with E-state index in [0.717, 1.165) is 10.6 Å². The molecule has 0 amide bonds. The van der Waals surface area contributed by atoms with E-state index in [0.29, 0.717) is 23.3 Å². The van der Waals surface area contributed by atoms with Crippen LogP contribution in [0.1, 0.15) is 16.1 Å². The average molecular weight is 345 g/mol. The highest BCUT2D eigenvalue weighted by Gasteiger charge is 2.37. The van der Waals surface area contributed by atoms with Crippen LogP contribution in [0.15, 0.2) is 60.7 Å². The summed E-state index contributed by atoms with van der Waals surface area (Å²) in [5.41, 5.74) is 0.0835. The molecule has 0 spiro atoms. The van der Waals surface area contributed by atoms with Crippen molar-refractivity contribution in [1.82, 2.24) is 4.57 Å². The second kappa shape index (κ2) is 6.47. The van der Waals surface area contributed by atoms with Gasteiger partial charge >= 0.3 is 6.18 Å². The van der Waals surface area contributed by atoms with E-state index in [9.17, 15) is 18.0 Å². The second-order valence-corrected chi connectivity index (χ2v) is 5.35. The molecular weight excluding hydrogens is 331 g/mol. The Balaban J connectivity index is 2.32. The number of alkyl halides is 3. The fourth-order valence-electron chi connectivity index (χ4n) is 2.72. The van der Waals surface area contributed by atoms with Crippen LogP contribution in [0.25, 0.3) is 16.9 Å². The lowest BCUT2D eigenvalue weighted by atomic mass is 10.1. The maximum atomic E-state index is 13.5. The third kappa shape index (κ3) is 3.15. The van der Waals surface area contributed by atoms with E-state index < -0.39 is 11.9 Å². The van der Waals surface area contributed by atoms with Crippen molar-refractivity contribution in [1.29, 1.82) is 0 Å². The highest BCUT2D eigenvalue weighted by molar-refractivity contribution is 5.88. The minimum atomic E-state index is -4.60. The maximum absolute atomic E-state index is 13.5. The fourth-order valence-corrected chi connectivity index (χ4v) is 2.72. The monoisotopic (exact) mass is 345 g/mol. The molecule has 0 aliphatic rings. The van der Waals surface area contributed by atoms with Crippen molar-refractivity contribution >= 4 is 6.29 Å². The summed E-state index contributed by atoms with van der Waals surface area (Å²) < 4.78 is 46.8. The molecule has 0 radical (unpaired) electrons. The predicted molar refractivity (Wildman–Crippen MR) is 88.1 cm³/mol. The molecule has 0 saturated carbocycles. The first-order valence-electron chi connectivity index (χ1n) is 7.43. The largest absolute Gasteiger partial charge is 0.497 e. The number of methoxy groups -OCH3 is 1. The number of ether oxygens (including phenoxy) is 1. The summed E-state index contributed by atoms with van der Waals surface area (Å²) in [4.78, 5) is 11.4. The van der Waals surface area contributed by atoms with Gasteiger partial charge in [-0.1, -0.05) is 18.2 Å². The molecule has 1 heterocycles. The van der Waals surface area contributed by atoms with Crippen molar-refractivity contribution in [2.24, 2.45) is 0 Å². The average Bonchev–Trinajstić information content (AvgIpc) is 3.02. The van der Waals surface area contributed by atoms with Crippen LogP contribution in [0.5, 0.6) is 5.75 Å². The van der Waals surface area contributed by atoms with E-state index in [1.807, 2.05) is 0 Å². The Morgan fingerprint density at radius 1 is 1.00 bits per heavy atom. The van der Waals surface area contributed by atoms with Gasteiger partial charge in [0.05, 0.1) is 12.8 Å². The maximum Gasteiger partial charge on any atom is 0.431 e. The van der Waals surface area contributed by atoms with Gasteiger partial charge in [0.25, 0.3) is 0 Å². The number of hydrogen-bond acceptors (Lipinski definition) is 2. The van der Waals surface area contributed by atoms with E-state index >= 15 is 0 Å². The van der Waals surface area contributed by atoms with Gasteiger partial charge in [-0.25, -0.2) is 0 Å². The molecule has 6 heteroatoms. The summed E-state index contributed by atoms with van der Waals surface area (Å²) in [6.07, 6.45) is -4.16. The van der Waals surface area contributed by atoms with E-state index in [1.165, 1.54) is 7.11 Å². The molecule has 0 aliphatic heterocycles. The molecular formula is C19H14F3NO2. The zero-order valence-corrected chi connectivity index (χ0v) is 13.2. The molecule has 3 rings (SSSR count). The van der Waals surface area contributed by atoms with Gasteiger partial charge < -0.3 is 9.30 Å². The van der Waals surface area contributed by atoms with Crippen molar-refractivity contribution in [3.63, 3.8) is 0 Å². The predicted octanol–water partition coefficient (Wildman–Crippen LogP) is 4.98. The molecule has 128 valence electrons. The Morgan fingerprint density at radius 2 is 1.64 bits per heavy atom. The number of aldehydes is 1. The smallest absolute Gasteiger partial charge is 0.431 e. The van der Waals surface area contributed by atoms with Gasteiger partial charge in [0.15, 0.2) is 6.29 Å². The molecule has 3 nitrogen and oxygen atoms in total. The highest BCUT2D eigenvalue weighted by Crippen LogP contribution is 2.38. The van der Waals surface area contributed by atoms with Crippen LogP contribution in [0, 0.1) is 0 Å². The standard InChI is InChI=1S/C19H14F3NO2/c1-25-16-9-7-13(8-10-16)18-14(12-24)11-17(19(20,21)22)23(18)15-5-3-2-4-6-15/h2-12H,1H3. The van der Waals surface area contributed by atoms with Crippen LogP contribution < -0.4 is 4.74 Å². The van der Waals surface area contributed by atoms with Crippen LogP contribution in [0.3, 0.4) is 0 Å². The number of benzene rings is 2. The minimum absolute atomic E-state index is 0.0265. The van der Waals surface area contributed by atoms with Crippen molar-refractivity contribution < 1.29 is 22.7 Å². The van der Waals surface area contributed by atoms with Crippen LogP contribution >= 0.6 is 0 Å². The van der Waals surface area contributed by atoms with Gasteiger partial charge in [-0.2, -0.15) is 13.2 Å². The van der Waals surface area contributed by atoms with Crippen molar-refractivity contribution in [3.8, 4) is 22.7 Å². The summed E-state index contributed by atoms with van der Waals surface area (Å²) in [6.45, 7) is 0. The molecule has 0 fully saturated rings. The third-order valence-electron chi connectivity index (χ3n) is 3.83. The van der Waals surface area contributed by atoms with Gasteiger partial charge in [0.1, 0.15) is 11.4 Å². The molecule has 0 aliphatic carbocycles. The first-order valence-corrected chi connectivity index (χ1v) is 7.43. The molecule has 0 saturated heterocycles. The second-order valence-electron chi connectivity index (χ2n) is 5.35. The van der Waals surface area contributed by atoms with E-state index in [4.69, 9.17) is 4.74 Å². The summed E-state index contributed by atoms with van der Waals surface area (Å²) in [6, 6.07) is 15.5. The molecule has 3 aromatic rings. The topological polar surface area (TPSA) is 31.2 Å². The molecule has 25 heavy (non-hydrogen) atoms. The van der Waals surface area contributed by atoms with Gasteiger partial charge in [0.2, 0.25) is 0 Å². The van der Waals surface area contributed by atoms with Crippen molar-refractivity contribution in [3.05, 3.63) is 71.9 Å². The summed E-state index contributed by atoms with van der Waals surface area (Å²) >= 11 is 0. The lowest BCUT2D eigenvalue weighted by Gasteiger charge is -2.16. The van der Waals surface area contributed by atoms with E-state index in [1.54, 1.807) is 54.6 Å². The van der Waals surface area contributed by atoms with Gasteiger partial charge in [-0.3, -0.25) is 4.79 Å². The Morgan fingerprint density at radius 3 is 2.16 bits per heavy atom. The molecule has 0 unspecified atom stereocenters. The first kappa shape index (κ1) is 16.8. The molecule has 2 aromatic carbocycles. The van der Waals surface area contributed by atoms with Crippen LogP contribution in [-0.4, -0.2) is 18.0 Å². The third-order valence-corrected chi connectivity index (χ3v) is 3.83.